The summed E-state index contributed by atoms with van der Waals surface area (Å²) in [5.41, 5.74) is 0.782. The van der Waals surface area contributed by atoms with Crippen LogP contribution in [0.25, 0.3) is 0 Å². The molecule has 1 atom stereocenters. The first kappa shape index (κ1) is 20.9. The quantitative estimate of drug-likeness (QED) is 0.661. The number of aromatic carboxylic acids is 1. The summed E-state index contributed by atoms with van der Waals surface area (Å²) >= 11 is 12.0. The third-order valence-corrected chi connectivity index (χ3v) is 5.85. The molecule has 30 heavy (non-hydrogen) atoms. The highest BCUT2D eigenvalue weighted by molar-refractivity contribution is 6.35. The van der Waals surface area contributed by atoms with E-state index < -0.39 is 11.8 Å². The van der Waals surface area contributed by atoms with E-state index in [9.17, 15) is 19.1 Å². The molecule has 4 rings (SSSR count). The number of amides is 1. The third kappa shape index (κ3) is 4.55. The number of carbonyl (C=O) groups is 2. The molecule has 1 unspecified atom stereocenters. The maximum Gasteiger partial charge on any atom is 0.338 e. The van der Waals surface area contributed by atoms with Gasteiger partial charge >= 0.3 is 5.97 Å². The minimum absolute atomic E-state index is 0.189. The van der Waals surface area contributed by atoms with E-state index in [4.69, 9.17) is 27.9 Å². The van der Waals surface area contributed by atoms with Crippen LogP contribution < -0.4 is 4.74 Å². The molecule has 158 valence electrons. The van der Waals surface area contributed by atoms with Gasteiger partial charge in [0.1, 0.15) is 17.7 Å². The Labute approximate surface area is 183 Å². The van der Waals surface area contributed by atoms with Crippen LogP contribution in [-0.2, 0) is 0 Å². The average molecular weight is 452 g/mol. The van der Waals surface area contributed by atoms with Crippen molar-refractivity contribution >= 4 is 35.1 Å². The maximum absolute atomic E-state index is 14.3. The van der Waals surface area contributed by atoms with Crippen molar-refractivity contribution in [2.75, 3.05) is 13.1 Å². The van der Waals surface area contributed by atoms with Gasteiger partial charge in [0, 0.05) is 28.2 Å². The van der Waals surface area contributed by atoms with Gasteiger partial charge < -0.3 is 14.7 Å². The van der Waals surface area contributed by atoms with Crippen LogP contribution in [0.15, 0.2) is 30.3 Å². The zero-order valence-corrected chi connectivity index (χ0v) is 17.5. The fraction of sp³-hybridized carbons (Fsp3) is 0.364. The Morgan fingerprint density at radius 3 is 2.40 bits per heavy atom. The van der Waals surface area contributed by atoms with Crippen LogP contribution in [0, 0.1) is 5.82 Å². The van der Waals surface area contributed by atoms with Gasteiger partial charge in [-0.05, 0) is 61.4 Å². The molecule has 0 aromatic heterocycles. The van der Waals surface area contributed by atoms with Gasteiger partial charge in [0.25, 0.3) is 5.91 Å². The minimum Gasteiger partial charge on any atom is -0.488 e. The van der Waals surface area contributed by atoms with Gasteiger partial charge in [0.2, 0.25) is 0 Å². The Bertz CT molecular complexity index is 989. The van der Waals surface area contributed by atoms with Crippen molar-refractivity contribution in [1.82, 2.24) is 4.90 Å². The highest BCUT2D eigenvalue weighted by Crippen LogP contribution is 2.45. The second-order valence-corrected chi connectivity index (χ2v) is 8.61. The standard InChI is InChI=1S/C22H20Cl2FNO4/c23-14-6-13(7-15(24)8-14)21(27)26-5-1-2-16(11-26)30-20-10-19(25)18(22(28)29)9-17(20)12-3-4-12/h6-10,12,16H,1-5,11H2,(H,28,29). The molecule has 2 aromatic carbocycles. The number of halogens is 3. The Morgan fingerprint density at radius 1 is 1.07 bits per heavy atom. The van der Waals surface area contributed by atoms with Crippen molar-refractivity contribution < 1.29 is 23.8 Å². The number of rotatable bonds is 5. The van der Waals surface area contributed by atoms with Crippen molar-refractivity contribution in [2.24, 2.45) is 0 Å². The molecule has 0 spiro atoms. The number of benzene rings is 2. The Morgan fingerprint density at radius 2 is 1.77 bits per heavy atom. The average Bonchev–Trinajstić information content (AvgIpc) is 3.52. The summed E-state index contributed by atoms with van der Waals surface area (Å²) in [5.74, 6) is -1.75. The van der Waals surface area contributed by atoms with Gasteiger partial charge in [-0.1, -0.05) is 23.2 Å². The van der Waals surface area contributed by atoms with Crippen molar-refractivity contribution in [3.05, 3.63) is 62.9 Å². The Kier molecular flexibility index (Phi) is 5.89. The molecule has 1 N–H and O–H groups in total. The number of carboxylic acids is 1. The molecule has 5 nitrogen and oxygen atoms in total. The zero-order chi connectivity index (χ0) is 21.4. The van der Waals surface area contributed by atoms with Gasteiger partial charge in [-0.25, -0.2) is 9.18 Å². The third-order valence-electron chi connectivity index (χ3n) is 5.42. The van der Waals surface area contributed by atoms with E-state index >= 15 is 0 Å². The summed E-state index contributed by atoms with van der Waals surface area (Å²) in [6.07, 6.45) is 2.98. The topological polar surface area (TPSA) is 66.8 Å². The molecule has 1 aliphatic heterocycles. The summed E-state index contributed by atoms with van der Waals surface area (Å²) in [6, 6.07) is 7.26. The maximum atomic E-state index is 14.3. The summed E-state index contributed by atoms with van der Waals surface area (Å²) in [4.78, 5) is 25.8. The van der Waals surface area contributed by atoms with Crippen LogP contribution in [0.2, 0.25) is 10.0 Å². The molecule has 1 saturated heterocycles. The Balaban J connectivity index is 1.52. The molecule has 2 fully saturated rings. The lowest BCUT2D eigenvalue weighted by Gasteiger charge is -2.33. The van der Waals surface area contributed by atoms with Gasteiger partial charge in [0.05, 0.1) is 12.1 Å². The van der Waals surface area contributed by atoms with E-state index in [1.165, 1.54) is 6.07 Å². The summed E-state index contributed by atoms with van der Waals surface area (Å²) in [6.45, 7) is 0.917. The van der Waals surface area contributed by atoms with Crippen LogP contribution >= 0.6 is 23.2 Å². The van der Waals surface area contributed by atoms with Crippen LogP contribution in [0.1, 0.15) is 57.9 Å². The van der Waals surface area contributed by atoms with Crippen LogP contribution in [0.4, 0.5) is 4.39 Å². The Hall–Kier alpha value is -2.31. The number of carbonyl (C=O) groups excluding carboxylic acids is 1. The van der Waals surface area contributed by atoms with E-state index in [0.29, 0.717) is 40.9 Å². The van der Waals surface area contributed by atoms with E-state index in [1.807, 2.05) is 0 Å². The highest BCUT2D eigenvalue weighted by atomic mass is 35.5. The van der Waals surface area contributed by atoms with Crippen molar-refractivity contribution in [3.63, 3.8) is 0 Å². The van der Waals surface area contributed by atoms with Crippen molar-refractivity contribution in [1.29, 1.82) is 0 Å². The SMILES string of the molecule is O=C(O)c1cc(C2CC2)c(OC2CCCN(C(=O)c3cc(Cl)cc(Cl)c3)C2)cc1F. The summed E-state index contributed by atoms with van der Waals surface area (Å²) in [5, 5.41) is 9.98. The van der Waals surface area contributed by atoms with Crippen LogP contribution in [0.3, 0.4) is 0 Å². The second kappa shape index (κ2) is 8.44. The predicted octanol–water partition coefficient (Wildman–Crippen LogP) is 5.39. The molecule has 1 amide bonds. The molecular formula is C22H20Cl2FNO4. The second-order valence-electron chi connectivity index (χ2n) is 7.74. The van der Waals surface area contributed by atoms with Crippen molar-refractivity contribution in [2.45, 2.75) is 37.7 Å². The fourth-order valence-corrected chi connectivity index (χ4v) is 4.34. The first-order chi connectivity index (χ1) is 14.3. The van der Waals surface area contributed by atoms with Gasteiger partial charge in [-0.2, -0.15) is 0 Å². The van der Waals surface area contributed by atoms with Crippen LogP contribution in [-0.4, -0.2) is 41.1 Å². The smallest absolute Gasteiger partial charge is 0.338 e. The number of carboxylic acid groups (broad SMARTS) is 1. The molecule has 1 saturated carbocycles. The molecule has 2 aromatic rings. The highest BCUT2D eigenvalue weighted by Gasteiger charge is 2.32. The lowest BCUT2D eigenvalue weighted by Crippen LogP contribution is -2.44. The first-order valence-electron chi connectivity index (χ1n) is 9.80. The van der Waals surface area contributed by atoms with Gasteiger partial charge in [0.15, 0.2) is 0 Å². The molecular weight excluding hydrogens is 432 g/mol. The minimum atomic E-state index is -1.30. The van der Waals surface area contributed by atoms with E-state index in [-0.39, 0.29) is 23.5 Å². The largest absolute Gasteiger partial charge is 0.488 e. The summed E-state index contributed by atoms with van der Waals surface area (Å²) < 4.78 is 20.4. The van der Waals surface area contributed by atoms with Crippen LogP contribution in [0.5, 0.6) is 5.75 Å². The number of ether oxygens (including phenoxy) is 1. The lowest BCUT2D eigenvalue weighted by atomic mass is 10.0. The van der Waals surface area contributed by atoms with E-state index in [2.05, 4.69) is 0 Å². The number of piperidine rings is 1. The molecule has 2 aliphatic rings. The molecule has 1 aliphatic carbocycles. The number of likely N-dealkylation sites (tertiary alicyclic amines) is 1. The first-order valence-corrected chi connectivity index (χ1v) is 10.6. The molecule has 1 heterocycles. The zero-order valence-electron chi connectivity index (χ0n) is 16.0. The van der Waals surface area contributed by atoms with Gasteiger partial charge in [-0.3, -0.25) is 4.79 Å². The molecule has 0 bridgehead atoms. The lowest BCUT2D eigenvalue weighted by molar-refractivity contribution is 0.0534. The van der Waals surface area contributed by atoms with Gasteiger partial charge in [-0.15, -0.1) is 0 Å². The monoisotopic (exact) mass is 451 g/mol. The predicted molar refractivity (Wildman–Crippen MR) is 111 cm³/mol. The number of hydrogen-bond donors (Lipinski definition) is 1. The number of hydrogen-bond acceptors (Lipinski definition) is 3. The number of nitrogens with zero attached hydrogens (tertiary/aromatic N) is 1. The normalized spacial score (nSPS) is 18.9. The fourth-order valence-electron chi connectivity index (χ4n) is 3.81. The van der Waals surface area contributed by atoms with Crippen molar-refractivity contribution in [3.8, 4) is 5.75 Å². The van der Waals surface area contributed by atoms with E-state index in [1.54, 1.807) is 23.1 Å². The summed E-state index contributed by atoms with van der Waals surface area (Å²) in [7, 11) is 0. The molecule has 8 heteroatoms. The molecule has 0 radical (unpaired) electrons. The van der Waals surface area contributed by atoms with E-state index in [0.717, 1.165) is 30.9 Å².